The lowest BCUT2D eigenvalue weighted by Gasteiger charge is -2.22. The molecule has 12 nitrogen and oxygen atoms in total. The van der Waals surface area contributed by atoms with Gasteiger partial charge in [0, 0.05) is 87.9 Å². The molecule has 0 saturated heterocycles. The van der Waals surface area contributed by atoms with Crippen LogP contribution in [0.15, 0.2) is 385 Å². The Kier molecular flexibility index (Phi) is 16.3. The van der Waals surface area contributed by atoms with Crippen molar-refractivity contribution in [2.75, 3.05) is 0 Å². The molecule has 7 heterocycles. The molecule has 15 aromatic carbocycles. The number of hydrogen-bond acceptors (Lipinski definition) is 10. The van der Waals surface area contributed by atoms with Crippen LogP contribution in [0.3, 0.4) is 0 Å². The average Bonchev–Trinajstić information content (AvgIpc) is 1.59. The largest absolute Gasteiger partial charge is 0.464 e. The standard InChI is InChI=1S/C53H32N4O2.C52H36N6/c1-3-11-34(12-4-1)51-54-52(35-13-5-2-6-14-35)56-53(55-51)38-30-44(43-27-28-58-49(43)32-38)37-22-26-47-45(29-37)40-15-7-9-17-46(40)57(47)39-23-19-33(20-24-39)36-21-25-42-41-16-8-10-18-48(41)59-50(42)31-36;1-52(2)43-19-11-9-17-39(43)40-27-23-36(30-44(40)52)33-21-25-38(26-22-33)58-47-20-12-10-18-41(47)42-29-37(24-28-48(42)58)45-31-54-46(32-53-45)51-56-49(34-13-5-3-6-14-34)55-50(57-51)35-15-7-4-8-16-35/h1-32H;3-32H,1-2H3. The lowest BCUT2D eigenvalue weighted by atomic mass is 9.81. The first-order chi connectivity index (χ1) is 57.7. The SMILES string of the molecule is CC1(C)c2ccccc2-c2ccc(-c3ccc(-n4c5ccccc5c5cc(-c6cnc(-c7nc(-c8ccccc8)nc(-c8ccccc8)n7)cn6)ccc54)cc3)cc21.c1ccc(-c2nc(-c3ccccc3)nc(-c3cc(-c4ccc5c(c4)c4ccccc4n5-c4ccc(-c5ccc6c(c5)oc5ccccc56)cc4)c4ccoc4c3)n2)cc1. The van der Waals surface area contributed by atoms with Crippen molar-refractivity contribution >= 4 is 76.5 Å². The predicted octanol–water partition coefficient (Wildman–Crippen LogP) is 26.3. The number of furan rings is 2. The van der Waals surface area contributed by atoms with Crippen LogP contribution >= 0.6 is 0 Å². The molecule has 0 radical (unpaired) electrons. The van der Waals surface area contributed by atoms with Crippen LogP contribution in [0.4, 0.5) is 0 Å². The Hall–Kier alpha value is -15.7. The molecule has 0 N–H and O–H groups in total. The molecule has 1 aliphatic rings. The van der Waals surface area contributed by atoms with Crippen LogP contribution in [0, 0.1) is 0 Å². The molecule has 550 valence electrons. The normalized spacial score (nSPS) is 12.3. The number of aromatic nitrogens is 10. The van der Waals surface area contributed by atoms with E-state index in [0.717, 1.165) is 138 Å². The summed E-state index contributed by atoms with van der Waals surface area (Å²) in [4.78, 5) is 39.2. The number of hydrogen-bond donors (Lipinski definition) is 0. The van der Waals surface area contributed by atoms with E-state index in [2.05, 4.69) is 235 Å². The van der Waals surface area contributed by atoms with Gasteiger partial charge in [0.25, 0.3) is 0 Å². The third-order valence-electron chi connectivity index (χ3n) is 22.9. The Morgan fingerprint density at radius 3 is 1.23 bits per heavy atom. The smallest absolute Gasteiger partial charge is 0.184 e. The fourth-order valence-corrected chi connectivity index (χ4v) is 17.1. The van der Waals surface area contributed by atoms with Crippen molar-refractivity contribution in [3.05, 3.63) is 388 Å². The van der Waals surface area contributed by atoms with E-state index in [1.54, 1.807) is 18.7 Å². The Bertz CT molecular complexity index is 7510. The monoisotopic (exact) mass is 1500 g/mol. The molecule has 1 aliphatic carbocycles. The highest BCUT2D eigenvalue weighted by molar-refractivity contribution is 6.13. The summed E-state index contributed by atoms with van der Waals surface area (Å²) in [5.74, 6) is 3.46. The van der Waals surface area contributed by atoms with Gasteiger partial charge >= 0.3 is 0 Å². The minimum Gasteiger partial charge on any atom is -0.464 e. The van der Waals surface area contributed by atoms with Gasteiger partial charge in [-0.3, -0.25) is 4.98 Å². The molecule has 0 spiro atoms. The van der Waals surface area contributed by atoms with Crippen LogP contribution < -0.4 is 0 Å². The van der Waals surface area contributed by atoms with Crippen molar-refractivity contribution in [2.24, 2.45) is 0 Å². The second-order valence-corrected chi connectivity index (χ2v) is 30.2. The first kappa shape index (κ1) is 68.2. The van der Waals surface area contributed by atoms with Crippen molar-refractivity contribution in [1.29, 1.82) is 0 Å². The zero-order valence-electron chi connectivity index (χ0n) is 63.6. The van der Waals surface area contributed by atoms with E-state index in [4.69, 9.17) is 48.7 Å². The summed E-state index contributed by atoms with van der Waals surface area (Å²) in [5, 5.41) is 7.97. The van der Waals surface area contributed by atoms with E-state index in [1.165, 1.54) is 44.2 Å². The van der Waals surface area contributed by atoms with Gasteiger partial charge in [0.1, 0.15) is 22.4 Å². The minimum atomic E-state index is -0.0372. The van der Waals surface area contributed by atoms with Gasteiger partial charge in [-0.25, -0.2) is 34.9 Å². The van der Waals surface area contributed by atoms with Crippen molar-refractivity contribution in [3.8, 4) is 136 Å². The molecule has 117 heavy (non-hydrogen) atoms. The number of para-hydroxylation sites is 3. The molecule has 0 unspecified atom stereocenters. The molecule has 22 aromatic rings. The molecule has 7 aromatic heterocycles. The molecule has 0 aliphatic heterocycles. The number of benzene rings is 15. The lowest BCUT2D eigenvalue weighted by Crippen LogP contribution is -2.14. The highest BCUT2D eigenvalue weighted by Gasteiger charge is 2.35. The minimum absolute atomic E-state index is 0.0372. The fourth-order valence-electron chi connectivity index (χ4n) is 17.1. The summed E-state index contributed by atoms with van der Waals surface area (Å²) in [6, 6.07) is 125. The lowest BCUT2D eigenvalue weighted by molar-refractivity contribution is 0.616. The number of fused-ring (bicyclic) bond motifs is 13. The molecule has 0 fully saturated rings. The molecule has 0 amide bonds. The van der Waals surface area contributed by atoms with Gasteiger partial charge in [-0.2, -0.15) is 0 Å². The van der Waals surface area contributed by atoms with Gasteiger partial charge in [-0.1, -0.05) is 269 Å². The highest BCUT2D eigenvalue weighted by atomic mass is 16.3. The maximum atomic E-state index is 6.21. The topological polar surface area (TPSA) is 139 Å². The maximum absolute atomic E-state index is 6.21. The van der Waals surface area contributed by atoms with Crippen LogP contribution in [0.25, 0.3) is 212 Å². The van der Waals surface area contributed by atoms with E-state index < -0.39 is 0 Å². The van der Waals surface area contributed by atoms with Crippen LogP contribution in [0.1, 0.15) is 25.0 Å². The zero-order chi connectivity index (χ0) is 77.7. The highest BCUT2D eigenvalue weighted by Crippen LogP contribution is 2.50. The van der Waals surface area contributed by atoms with Crippen molar-refractivity contribution in [2.45, 2.75) is 19.3 Å². The summed E-state index contributed by atoms with van der Waals surface area (Å²) in [7, 11) is 0. The van der Waals surface area contributed by atoms with Crippen LogP contribution in [0.5, 0.6) is 0 Å². The van der Waals surface area contributed by atoms with Crippen LogP contribution in [0.2, 0.25) is 0 Å². The van der Waals surface area contributed by atoms with Gasteiger partial charge in [-0.15, -0.1) is 0 Å². The van der Waals surface area contributed by atoms with E-state index in [0.29, 0.717) is 40.6 Å². The summed E-state index contributed by atoms with van der Waals surface area (Å²) in [6.45, 7) is 4.67. The first-order valence-electron chi connectivity index (χ1n) is 39.2. The van der Waals surface area contributed by atoms with Crippen molar-refractivity contribution in [3.63, 3.8) is 0 Å². The third-order valence-corrected chi connectivity index (χ3v) is 22.9. The van der Waals surface area contributed by atoms with Gasteiger partial charge in [-0.05, 0) is 159 Å². The second kappa shape index (κ2) is 27.9. The quantitative estimate of drug-likeness (QED) is 0.116. The Labute approximate surface area is 672 Å². The summed E-state index contributed by atoms with van der Waals surface area (Å²) >= 11 is 0. The third kappa shape index (κ3) is 12.0. The Balaban J connectivity index is 0.000000142. The van der Waals surface area contributed by atoms with E-state index in [1.807, 2.05) is 146 Å². The second-order valence-electron chi connectivity index (χ2n) is 30.2. The molecule has 0 saturated carbocycles. The van der Waals surface area contributed by atoms with Gasteiger partial charge < -0.3 is 18.0 Å². The molecular weight excluding hydrogens is 1430 g/mol. The fraction of sp³-hybridized carbons (Fsp3) is 0.0286. The van der Waals surface area contributed by atoms with Crippen LogP contribution in [-0.4, -0.2) is 49.0 Å². The van der Waals surface area contributed by atoms with Gasteiger partial charge in [0.2, 0.25) is 0 Å². The molecule has 12 heteroatoms. The van der Waals surface area contributed by atoms with Gasteiger partial charge in [0.15, 0.2) is 34.9 Å². The average molecular weight is 1500 g/mol. The Morgan fingerprint density at radius 2 is 0.658 bits per heavy atom. The van der Waals surface area contributed by atoms with E-state index >= 15 is 0 Å². The number of rotatable bonds is 12. The van der Waals surface area contributed by atoms with E-state index in [9.17, 15) is 0 Å². The molecule has 23 rings (SSSR count). The van der Waals surface area contributed by atoms with E-state index in [-0.39, 0.29) is 5.41 Å². The molecule has 0 atom stereocenters. The number of nitrogens with zero attached hydrogens (tertiary/aromatic N) is 10. The van der Waals surface area contributed by atoms with Gasteiger partial charge in [0.05, 0.1) is 46.4 Å². The first-order valence-corrected chi connectivity index (χ1v) is 39.2. The Morgan fingerprint density at radius 1 is 0.239 bits per heavy atom. The van der Waals surface area contributed by atoms with Crippen molar-refractivity contribution in [1.82, 2.24) is 49.0 Å². The van der Waals surface area contributed by atoms with Crippen LogP contribution in [-0.2, 0) is 5.41 Å². The zero-order valence-corrected chi connectivity index (χ0v) is 63.6. The summed E-state index contributed by atoms with van der Waals surface area (Å²) in [5.41, 5.74) is 28.4. The predicted molar refractivity (Wildman–Crippen MR) is 473 cm³/mol. The summed E-state index contributed by atoms with van der Waals surface area (Å²) < 4.78 is 17.0. The molecule has 0 bridgehead atoms. The van der Waals surface area contributed by atoms with Crippen molar-refractivity contribution < 1.29 is 8.83 Å². The maximum Gasteiger partial charge on any atom is 0.184 e. The molecular formula is C105H68N10O2. The summed E-state index contributed by atoms with van der Waals surface area (Å²) in [6.07, 6.45) is 5.31.